The number of benzene rings is 2. The van der Waals surface area contributed by atoms with E-state index in [9.17, 15) is 14.7 Å². The van der Waals surface area contributed by atoms with E-state index in [1.165, 1.54) is 19.2 Å². The largest absolute Gasteiger partial charge is 0.493 e. The van der Waals surface area contributed by atoms with Crippen molar-refractivity contribution in [3.05, 3.63) is 53.6 Å². The highest BCUT2D eigenvalue weighted by molar-refractivity contribution is 6.00. The van der Waals surface area contributed by atoms with Crippen LogP contribution in [0.4, 0.5) is 5.69 Å². The molecule has 0 unspecified atom stereocenters. The van der Waals surface area contributed by atoms with Gasteiger partial charge in [-0.2, -0.15) is 0 Å². The van der Waals surface area contributed by atoms with Gasteiger partial charge in [-0.25, -0.2) is 0 Å². The molecule has 3 N–H and O–H groups in total. The molecule has 1 amide bonds. The van der Waals surface area contributed by atoms with Gasteiger partial charge in [0.25, 0.3) is 5.91 Å². The van der Waals surface area contributed by atoms with Crippen molar-refractivity contribution in [2.24, 2.45) is 0 Å². The quantitative estimate of drug-likeness (QED) is 0.466. The maximum absolute atomic E-state index is 12.9. The molecular formula is C23H28N2O6. The molecule has 1 aliphatic rings. The van der Waals surface area contributed by atoms with E-state index in [1.54, 1.807) is 4.90 Å². The summed E-state index contributed by atoms with van der Waals surface area (Å²) in [5, 5.41) is 9.48. The number of aliphatic hydroxyl groups excluding tert-OH is 1. The number of anilines is 1. The fourth-order valence-corrected chi connectivity index (χ4v) is 3.54. The fraction of sp³-hybridized carbons (Fsp3) is 0.391. The first-order valence-electron chi connectivity index (χ1n) is 10.2. The van der Waals surface area contributed by atoms with Crippen molar-refractivity contribution in [2.75, 3.05) is 32.6 Å². The zero-order valence-corrected chi connectivity index (χ0v) is 17.6. The molecule has 2 aromatic rings. The molecule has 1 saturated heterocycles. The van der Waals surface area contributed by atoms with Gasteiger partial charge in [0, 0.05) is 18.3 Å². The van der Waals surface area contributed by atoms with Crippen molar-refractivity contribution in [3.63, 3.8) is 0 Å². The van der Waals surface area contributed by atoms with Crippen molar-refractivity contribution in [1.29, 1.82) is 0 Å². The summed E-state index contributed by atoms with van der Waals surface area (Å²) < 4.78 is 16.2. The van der Waals surface area contributed by atoms with Gasteiger partial charge in [-0.15, -0.1) is 0 Å². The summed E-state index contributed by atoms with van der Waals surface area (Å²) in [5.74, 6) is 0.0533. The molecule has 1 atom stereocenters. The summed E-state index contributed by atoms with van der Waals surface area (Å²) in [6.45, 7) is 0.785. The molecule has 1 aliphatic heterocycles. The van der Waals surface area contributed by atoms with E-state index < -0.39 is 0 Å². The van der Waals surface area contributed by atoms with E-state index in [1.807, 2.05) is 30.3 Å². The Kier molecular flexibility index (Phi) is 7.72. The average molecular weight is 428 g/mol. The van der Waals surface area contributed by atoms with Gasteiger partial charge in [-0.1, -0.05) is 30.3 Å². The van der Waals surface area contributed by atoms with Crippen molar-refractivity contribution in [2.45, 2.75) is 31.9 Å². The number of carbonyl (C=O) groups excluding carboxylic acids is 2. The van der Waals surface area contributed by atoms with Crippen LogP contribution < -0.4 is 15.2 Å². The molecule has 0 spiro atoms. The second kappa shape index (κ2) is 10.7. The minimum Gasteiger partial charge on any atom is -0.493 e. The zero-order valence-electron chi connectivity index (χ0n) is 17.6. The first-order valence-corrected chi connectivity index (χ1v) is 10.2. The van der Waals surface area contributed by atoms with Crippen LogP contribution in [0.25, 0.3) is 0 Å². The number of hydrogen-bond acceptors (Lipinski definition) is 7. The standard InChI is InChI=1S/C23H28N2O6/c1-29-20-12-18(23(28)25-10-5-8-17(25)14-26)19(24)13-21(20)30-11-9-22(27)31-15-16-6-3-2-4-7-16/h2-4,6-7,12-13,17,26H,5,8-11,14-15,24H2,1H3/t17-/m0/s1. The molecule has 31 heavy (non-hydrogen) atoms. The number of carbonyl (C=O) groups is 2. The molecule has 0 aliphatic carbocycles. The second-order valence-electron chi connectivity index (χ2n) is 7.31. The SMILES string of the molecule is COc1cc(C(=O)N2CCC[C@H]2CO)c(N)cc1OCCC(=O)OCc1ccccc1. The Morgan fingerprint density at radius 2 is 1.97 bits per heavy atom. The number of rotatable bonds is 9. The minimum absolute atomic E-state index is 0.0581. The molecule has 0 radical (unpaired) electrons. The van der Waals surface area contributed by atoms with Crippen LogP contribution >= 0.6 is 0 Å². The Bertz CT molecular complexity index is 902. The van der Waals surface area contributed by atoms with Crippen LogP contribution in [0.15, 0.2) is 42.5 Å². The maximum Gasteiger partial charge on any atom is 0.309 e. The first kappa shape index (κ1) is 22.4. The van der Waals surface area contributed by atoms with Crippen molar-refractivity contribution in [1.82, 2.24) is 4.90 Å². The second-order valence-corrected chi connectivity index (χ2v) is 7.31. The van der Waals surface area contributed by atoms with Crippen LogP contribution in [0, 0.1) is 0 Å². The Balaban J connectivity index is 1.58. The van der Waals surface area contributed by atoms with Crippen LogP contribution in [0.1, 0.15) is 35.2 Å². The monoisotopic (exact) mass is 428 g/mol. The van der Waals surface area contributed by atoms with Gasteiger partial charge in [-0.3, -0.25) is 9.59 Å². The summed E-state index contributed by atoms with van der Waals surface area (Å²) in [5.41, 5.74) is 7.56. The van der Waals surface area contributed by atoms with Crippen LogP contribution in [-0.2, 0) is 16.1 Å². The van der Waals surface area contributed by atoms with Gasteiger partial charge in [0.05, 0.1) is 38.3 Å². The number of aliphatic hydroxyl groups is 1. The van der Waals surface area contributed by atoms with E-state index >= 15 is 0 Å². The normalized spacial score (nSPS) is 15.5. The van der Waals surface area contributed by atoms with Gasteiger partial charge in [0.1, 0.15) is 6.61 Å². The summed E-state index contributed by atoms with van der Waals surface area (Å²) in [4.78, 5) is 26.5. The number of nitrogens with zero attached hydrogens (tertiary/aromatic N) is 1. The third kappa shape index (κ3) is 5.67. The van der Waals surface area contributed by atoms with Gasteiger partial charge in [-0.05, 0) is 24.5 Å². The van der Waals surface area contributed by atoms with E-state index in [0.717, 1.165) is 18.4 Å². The van der Waals surface area contributed by atoms with E-state index in [2.05, 4.69) is 0 Å². The lowest BCUT2D eigenvalue weighted by molar-refractivity contribution is -0.145. The Hall–Kier alpha value is -3.26. The number of ether oxygens (including phenoxy) is 3. The van der Waals surface area contributed by atoms with Gasteiger partial charge < -0.3 is 30.0 Å². The molecule has 0 saturated carbocycles. The molecule has 0 aromatic heterocycles. The fourth-order valence-electron chi connectivity index (χ4n) is 3.54. The number of hydrogen-bond donors (Lipinski definition) is 2. The van der Waals surface area contributed by atoms with Crippen molar-refractivity contribution >= 4 is 17.6 Å². The highest BCUT2D eigenvalue weighted by atomic mass is 16.5. The predicted molar refractivity (Wildman–Crippen MR) is 115 cm³/mol. The lowest BCUT2D eigenvalue weighted by atomic mass is 10.1. The average Bonchev–Trinajstić information content (AvgIpc) is 3.27. The molecule has 1 fully saturated rings. The van der Waals surface area contributed by atoms with Gasteiger partial charge in [0.2, 0.25) is 0 Å². The predicted octanol–water partition coefficient (Wildman–Crippen LogP) is 2.39. The Labute approximate surface area is 181 Å². The summed E-state index contributed by atoms with van der Waals surface area (Å²) in [6.07, 6.45) is 1.67. The number of nitrogen functional groups attached to an aromatic ring is 1. The molecule has 0 bridgehead atoms. The number of methoxy groups -OCH3 is 1. The van der Waals surface area contributed by atoms with Gasteiger partial charge >= 0.3 is 5.97 Å². The van der Waals surface area contributed by atoms with E-state index in [-0.39, 0.29) is 49.8 Å². The smallest absolute Gasteiger partial charge is 0.309 e. The molecule has 8 heteroatoms. The number of amides is 1. The van der Waals surface area contributed by atoms with Crippen LogP contribution in [0.3, 0.4) is 0 Å². The number of likely N-dealkylation sites (tertiary alicyclic amines) is 1. The Morgan fingerprint density at radius 3 is 2.68 bits per heavy atom. The molecular weight excluding hydrogens is 400 g/mol. The Morgan fingerprint density at radius 1 is 1.19 bits per heavy atom. The van der Waals surface area contributed by atoms with Crippen LogP contribution in [0.5, 0.6) is 11.5 Å². The lowest BCUT2D eigenvalue weighted by Crippen LogP contribution is -2.38. The van der Waals surface area contributed by atoms with Crippen LogP contribution in [0.2, 0.25) is 0 Å². The summed E-state index contributed by atoms with van der Waals surface area (Å²) in [6, 6.07) is 12.3. The number of esters is 1. The summed E-state index contributed by atoms with van der Waals surface area (Å²) in [7, 11) is 1.47. The van der Waals surface area contributed by atoms with Crippen LogP contribution in [-0.4, -0.2) is 54.8 Å². The minimum atomic E-state index is -0.383. The van der Waals surface area contributed by atoms with Crippen molar-refractivity contribution < 1.29 is 28.9 Å². The summed E-state index contributed by atoms with van der Waals surface area (Å²) >= 11 is 0. The van der Waals surface area contributed by atoms with E-state index in [0.29, 0.717) is 23.6 Å². The van der Waals surface area contributed by atoms with Gasteiger partial charge in [0.15, 0.2) is 11.5 Å². The highest BCUT2D eigenvalue weighted by Crippen LogP contribution is 2.34. The molecule has 2 aromatic carbocycles. The first-order chi connectivity index (χ1) is 15.0. The highest BCUT2D eigenvalue weighted by Gasteiger charge is 2.30. The van der Waals surface area contributed by atoms with Crippen molar-refractivity contribution in [3.8, 4) is 11.5 Å². The molecule has 8 nitrogen and oxygen atoms in total. The lowest BCUT2D eigenvalue weighted by Gasteiger charge is -2.24. The van der Waals surface area contributed by atoms with E-state index in [4.69, 9.17) is 19.9 Å². The molecule has 166 valence electrons. The molecule has 1 heterocycles. The molecule has 3 rings (SSSR count). The third-order valence-corrected chi connectivity index (χ3v) is 5.22. The topological polar surface area (TPSA) is 111 Å². The number of nitrogens with two attached hydrogens (primary N) is 1. The zero-order chi connectivity index (χ0) is 22.2. The third-order valence-electron chi connectivity index (χ3n) is 5.22. The maximum atomic E-state index is 12.9.